The van der Waals surface area contributed by atoms with E-state index in [0.717, 1.165) is 69.9 Å². The Morgan fingerprint density at radius 3 is 2.17 bits per heavy atom. The molecule has 0 aromatic heterocycles. The van der Waals surface area contributed by atoms with Crippen LogP contribution in [0.1, 0.15) is 150 Å². The highest BCUT2D eigenvalue weighted by Crippen LogP contribution is 2.77. The van der Waals surface area contributed by atoms with Crippen LogP contribution in [-0.4, -0.2) is 54.0 Å². The Morgan fingerprint density at radius 1 is 0.845 bits per heavy atom. The zero-order valence-electron chi connectivity index (χ0n) is 37.0. The fourth-order valence-electron chi connectivity index (χ4n) is 14.8. The maximum absolute atomic E-state index is 14.1. The van der Waals surface area contributed by atoms with E-state index in [9.17, 15) is 24.3 Å². The minimum Gasteiger partial charge on any atom is -0.481 e. The van der Waals surface area contributed by atoms with Crippen LogP contribution in [0.3, 0.4) is 0 Å². The Bertz CT molecular complexity index is 1850. The van der Waals surface area contributed by atoms with E-state index in [1.54, 1.807) is 24.3 Å². The molecule has 1 aromatic carbocycles. The Kier molecular flexibility index (Phi) is 11.2. The van der Waals surface area contributed by atoms with E-state index < -0.39 is 17.3 Å². The quantitative estimate of drug-likeness (QED) is 0.150. The second-order valence-electron chi connectivity index (χ2n) is 22.1. The number of esters is 1. The molecule has 0 radical (unpaired) electrons. The summed E-state index contributed by atoms with van der Waals surface area (Å²) in [4.78, 5) is 52.4. The number of carboxylic acid groups (broad SMARTS) is 1. The molecule has 6 aliphatic rings. The second kappa shape index (κ2) is 15.0. The molecule has 8 nitrogen and oxygen atoms in total. The third-order valence-electron chi connectivity index (χ3n) is 18.3. The highest BCUT2D eigenvalue weighted by molar-refractivity contribution is 6.30. The summed E-state index contributed by atoms with van der Waals surface area (Å²) in [6, 6.07) is 6.90. The average molecular weight is 820 g/mol. The van der Waals surface area contributed by atoms with E-state index in [1.165, 1.54) is 5.57 Å². The summed E-state index contributed by atoms with van der Waals surface area (Å²) in [6.07, 6.45) is 10.3. The molecule has 6 aliphatic carbocycles. The molecule has 1 aromatic rings. The molecule has 0 aliphatic heterocycles. The van der Waals surface area contributed by atoms with Gasteiger partial charge in [-0.05, 0) is 153 Å². The molecule has 0 bridgehead atoms. The van der Waals surface area contributed by atoms with Gasteiger partial charge in [0.25, 0.3) is 5.91 Å². The minimum atomic E-state index is -0.826. The normalized spacial score (nSPS) is 39.1. The number of amides is 1. The van der Waals surface area contributed by atoms with Crippen LogP contribution in [0, 0.1) is 68.0 Å². The van der Waals surface area contributed by atoms with Crippen molar-refractivity contribution in [3.63, 3.8) is 0 Å². The number of Topliss-reactive ketones (excluding diaryl/α,β-unsaturated/α-hetero) is 1. The Hall–Kier alpha value is -2.71. The van der Waals surface area contributed by atoms with Gasteiger partial charge in [-0.25, -0.2) is 0 Å². The van der Waals surface area contributed by atoms with Gasteiger partial charge in [0.05, 0.1) is 11.8 Å². The van der Waals surface area contributed by atoms with Gasteiger partial charge in [-0.2, -0.15) is 0 Å². The summed E-state index contributed by atoms with van der Waals surface area (Å²) in [5.74, 6) is -0.137. The van der Waals surface area contributed by atoms with Crippen molar-refractivity contribution in [3.8, 4) is 0 Å². The summed E-state index contributed by atoms with van der Waals surface area (Å²) in [6.45, 7) is 24.1. The SMILES string of the molecule is CC(C)C1=C2[C@H]3CC[C@@H]4[C@@]5(C)CC[C@H](OC(=O)[C@H]6C[C@@H](C(=O)O)C6(C)C)C(C)(C)[C@@H]5CC[C@@]4(C)[C@]3(C)CC[C@@]2(CCNC[C@@H](C)NC(=O)c2ccc(Cl)cc2)CC1=O. The smallest absolute Gasteiger partial charge is 0.309 e. The Balaban J connectivity index is 1.06. The van der Waals surface area contributed by atoms with E-state index in [4.69, 9.17) is 16.3 Å². The molecule has 0 saturated heterocycles. The van der Waals surface area contributed by atoms with Crippen LogP contribution in [0.4, 0.5) is 0 Å². The highest BCUT2D eigenvalue weighted by atomic mass is 35.5. The number of ether oxygens (including phenoxy) is 1. The van der Waals surface area contributed by atoms with Gasteiger partial charge in [0.15, 0.2) is 5.78 Å². The molecule has 1 amide bonds. The summed E-state index contributed by atoms with van der Waals surface area (Å²) in [5.41, 5.74) is 2.60. The number of benzene rings is 1. The molecular formula is C49H71ClN2O6. The maximum atomic E-state index is 14.1. The summed E-state index contributed by atoms with van der Waals surface area (Å²) in [5, 5.41) is 17.0. The number of allylic oxidation sites excluding steroid dienone is 2. The first kappa shape index (κ1) is 43.4. The zero-order chi connectivity index (χ0) is 42.4. The molecule has 5 fully saturated rings. The van der Waals surface area contributed by atoms with Crippen LogP contribution < -0.4 is 10.6 Å². The fourth-order valence-corrected chi connectivity index (χ4v) is 14.9. The highest BCUT2D eigenvalue weighted by Gasteiger charge is 2.70. The number of fused-ring (bicyclic) bond motifs is 7. The van der Waals surface area contributed by atoms with E-state index in [-0.39, 0.29) is 62.9 Å². The predicted molar refractivity (Wildman–Crippen MR) is 228 cm³/mol. The topological polar surface area (TPSA) is 122 Å². The number of carboxylic acids is 1. The van der Waals surface area contributed by atoms with Crippen LogP contribution >= 0.6 is 11.6 Å². The number of ketones is 1. The Labute approximate surface area is 352 Å². The summed E-state index contributed by atoms with van der Waals surface area (Å²) < 4.78 is 6.43. The second-order valence-corrected chi connectivity index (χ2v) is 22.5. The third kappa shape index (κ3) is 6.72. The average Bonchev–Trinajstić information content (AvgIpc) is 3.43. The lowest BCUT2D eigenvalue weighted by atomic mass is 9.33. The van der Waals surface area contributed by atoms with Gasteiger partial charge >= 0.3 is 11.9 Å². The molecule has 320 valence electrons. The molecule has 11 atom stereocenters. The number of carbonyl (C=O) groups excluding carboxylic acids is 3. The molecule has 0 heterocycles. The number of carbonyl (C=O) groups is 4. The van der Waals surface area contributed by atoms with E-state index >= 15 is 0 Å². The molecule has 3 N–H and O–H groups in total. The third-order valence-corrected chi connectivity index (χ3v) is 18.6. The van der Waals surface area contributed by atoms with Gasteiger partial charge < -0.3 is 20.5 Å². The fraction of sp³-hybridized carbons (Fsp3) is 0.755. The number of halogens is 1. The standard InChI is InChI=1S/C49H71ClN2O6/c1-28(2)39-35(53)26-49(23-24-51-27-29(3)52-41(54)30-11-13-31(50)14-12-30)22-21-47(9)32(40(39)49)15-16-37-46(8)19-18-38(45(6,7)36(46)17-20-48(37,47)10)58-43(57)34-25-33(42(55)56)44(34,4)5/h11-14,28-29,32-34,36-38,51H,15-27H2,1-10H3,(H,52,54)(H,55,56)/t29-,32-,33+,34-,36+,37-,38+,46+,47-,48-,49-/m1/s1. The van der Waals surface area contributed by atoms with Crippen LogP contribution in [0.25, 0.3) is 0 Å². The number of hydrogen-bond donors (Lipinski definition) is 3. The van der Waals surface area contributed by atoms with E-state index in [1.807, 2.05) is 20.8 Å². The van der Waals surface area contributed by atoms with Crippen molar-refractivity contribution in [3.05, 3.63) is 46.0 Å². The lowest BCUT2D eigenvalue weighted by molar-refractivity contribution is -0.236. The van der Waals surface area contributed by atoms with Crippen LogP contribution in [-0.2, 0) is 19.1 Å². The monoisotopic (exact) mass is 819 g/mol. The summed E-state index contributed by atoms with van der Waals surface area (Å²) in [7, 11) is 0. The lowest BCUT2D eigenvalue weighted by Crippen LogP contribution is -2.66. The van der Waals surface area contributed by atoms with Crippen molar-refractivity contribution in [1.29, 1.82) is 0 Å². The molecule has 0 spiro atoms. The molecule has 7 rings (SSSR count). The largest absolute Gasteiger partial charge is 0.481 e. The van der Waals surface area contributed by atoms with Crippen molar-refractivity contribution in [1.82, 2.24) is 10.6 Å². The molecule has 9 heteroatoms. The maximum Gasteiger partial charge on any atom is 0.309 e. The van der Waals surface area contributed by atoms with Crippen molar-refractivity contribution in [2.75, 3.05) is 13.1 Å². The predicted octanol–water partition coefficient (Wildman–Crippen LogP) is 10.1. The van der Waals surface area contributed by atoms with E-state index in [2.05, 4.69) is 59.1 Å². The van der Waals surface area contributed by atoms with Gasteiger partial charge in [-0.3, -0.25) is 19.2 Å². The number of rotatable bonds is 11. The van der Waals surface area contributed by atoms with Gasteiger partial charge in [-0.1, -0.05) is 79.5 Å². The first-order chi connectivity index (χ1) is 27.0. The lowest BCUT2D eigenvalue weighted by Gasteiger charge is -2.72. The van der Waals surface area contributed by atoms with Crippen molar-refractivity contribution < 1.29 is 29.0 Å². The zero-order valence-corrected chi connectivity index (χ0v) is 37.7. The van der Waals surface area contributed by atoms with Gasteiger partial charge in [0, 0.05) is 40.4 Å². The first-order valence-electron chi connectivity index (χ1n) is 22.5. The van der Waals surface area contributed by atoms with Gasteiger partial charge in [0.2, 0.25) is 0 Å². The van der Waals surface area contributed by atoms with Gasteiger partial charge in [-0.15, -0.1) is 0 Å². The molecule has 58 heavy (non-hydrogen) atoms. The van der Waals surface area contributed by atoms with Crippen molar-refractivity contribution in [2.45, 2.75) is 152 Å². The van der Waals surface area contributed by atoms with Crippen molar-refractivity contribution >= 4 is 35.2 Å². The van der Waals surface area contributed by atoms with Crippen LogP contribution in [0.5, 0.6) is 0 Å². The molecule has 5 saturated carbocycles. The minimum absolute atomic E-state index is 0.0536. The Morgan fingerprint density at radius 2 is 1.53 bits per heavy atom. The van der Waals surface area contributed by atoms with Crippen LogP contribution in [0.15, 0.2) is 35.4 Å². The van der Waals surface area contributed by atoms with Gasteiger partial charge in [0.1, 0.15) is 6.10 Å². The number of hydrogen-bond acceptors (Lipinski definition) is 6. The number of aliphatic carboxylic acids is 1. The van der Waals surface area contributed by atoms with E-state index in [0.29, 0.717) is 53.5 Å². The van der Waals surface area contributed by atoms with Crippen molar-refractivity contribution in [2.24, 2.45) is 68.0 Å². The number of nitrogens with one attached hydrogen (secondary N) is 2. The molecule has 0 unspecified atom stereocenters. The first-order valence-corrected chi connectivity index (χ1v) is 22.9. The molecular weight excluding hydrogens is 748 g/mol. The van der Waals surface area contributed by atoms with Crippen LogP contribution in [0.2, 0.25) is 5.02 Å². The summed E-state index contributed by atoms with van der Waals surface area (Å²) >= 11 is 6.02.